The summed E-state index contributed by atoms with van der Waals surface area (Å²) in [6.45, 7) is 6.13. The number of nitrogens with one attached hydrogen (secondary N) is 2. The number of aliphatic hydroxyl groups excluding tert-OH is 1. The van der Waals surface area contributed by atoms with Crippen LogP contribution in [0.2, 0.25) is 0 Å². The average Bonchev–Trinajstić information content (AvgIpc) is 3.39. The first-order chi connectivity index (χ1) is 17.1. The van der Waals surface area contributed by atoms with Crippen LogP contribution < -0.4 is 25.2 Å². The Kier molecular flexibility index (Phi) is 7.35. The van der Waals surface area contributed by atoms with E-state index < -0.39 is 5.41 Å². The number of benzene rings is 1. The number of nitrogens with zero attached hydrogens (tertiary/aromatic N) is 4. The summed E-state index contributed by atoms with van der Waals surface area (Å²) in [5.41, 5.74) is 1.16. The molecule has 1 aliphatic carbocycles. The average molecular weight is 497 g/mol. The van der Waals surface area contributed by atoms with Gasteiger partial charge in [-0.05, 0) is 51.8 Å². The maximum absolute atomic E-state index is 13.2. The van der Waals surface area contributed by atoms with E-state index in [2.05, 4.69) is 20.5 Å². The smallest absolute Gasteiger partial charge is 0.251 e. The number of carbonyl (C=O) groups is 2. The van der Waals surface area contributed by atoms with E-state index in [1.807, 2.05) is 13.8 Å². The third-order valence-corrected chi connectivity index (χ3v) is 6.96. The molecule has 10 nitrogen and oxygen atoms in total. The molecule has 1 atom stereocenters. The molecule has 2 amide bonds. The molecule has 1 aromatic carbocycles. The fourth-order valence-corrected chi connectivity index (χ4v) is 4.93. The Hall–Kier alpha value is -3.40. The largest absolute Gasteiger partial charge is 0.495 e. The van der Waals surface area contributed by atoms with Crippen LogP contribution in [-0.4, -0.2) is 66.3 Å². The topological polar surface area (TPSA) is 120 Å². The highest BCUT2D eigenvalue weighted by atomic mass is 16.5. The van der Waals surface area contributed by atoms with E-state index in [4.69, 9.17) is 9.72 Å². The summed E-state index contributed by atoms with van der Waals surface area (Å²) >= 11 is 0. The monoisotopic (exact) mass is 496 g/mol. The Morgan fingerprint density at radius 2 is 2.03 bits per heavy atom. The van der Waals surface area contributed by atoms with Gasteiger partial charge in [-0.25, -0.2) is 4.98 Å². The third kappa shape index (κ3) is 5.09. The van der Waals surface area contributed by atoms with E-state index in [9.17, 15) is 14.7 Å². The van der Waals surface area contributed by atoms with Gasteiger partial charge in [0.15, 0.2) is 5.82 Å². The molecule has 10 heteroatoms. The molecule has 0 bridgehead atoms. The molecular weight excluding hydrogens is 460 g/mol. The van der Waals surface area contributed by atoms with Gasteiger partial charge in [-0.1, -0.05) is 12.8 Å². The van der Waals surface area contributed by atoms with Crippen molar-refractivity contribution in [2.75, 3.05) is 42.4 Å². The van der Waals surface area contributed by atoms with Crippen molar-refractivity contribution in [3.8, 4) is 5.75 Å². The van der Waals surface area contributed by atoms with E-state index in [0.717, 1.165) is 18.7 Å². The molecule has 3 N–H and O–H groups in total. The van der Waals surface area contributed by atoms with Crippen LogP contribution in [0.15, 0.2) is 24.4 Å². The predicted molar refractivity (Wildman–Crippen MR) is 139 cm³/mol. The summed E-state index contributed by atoms with van der Waals surface area (Å²) < 4.78 is 5.52. The molecule has 194 valence electrons. The molecule has 2 aliphatic rings. The number of aliphatic hydroxyl groups is 1. The minimum Gasteiger partial charge on any atom is -0.495 e. The summed E-state index contributed by atoms with van der Waals surface area (Å²) in [4.78, 5) is 39.0. The first-order valence-corrected chi connectivity index (χ1v) is 12.4. The number of hydrogen-bond acceptors (Lipinski definition) is 8. The highest BCUT2D eigenvalue weighted by Crippen LogP contribution is 2.40. The van der Waals surface area contributed by atoms with Gasteiger partial charge in [-0.3, -0.25) is 9.59 Å². The van der Waals surface area contributed by atoms with Gasteiger partial charge in [0.1, 0.15) is 11.4 Å². The summed E-state index contributed by atoms with van der Waals surface area (Å²) in [5, 5.41) is 15.1. The van der Waals surface area contributed by atoms with Crippen molar-refractivity contribution in [1.29, 1.82) is 0 Å². The molecule has 36 heavy (non-hydrogen) atoms. The molecule has 0 spiro atoms. The van der Waals surface area contributed by atoms with Gasteiger partial charge in [0.05, 0.1) is 31.0 Å². The van der Waals surface area contributed by atoms with Gasteiger partial charge >= 0.3 is 0 Å². The van der Waals surface area contributed by atoms with Crippen molar-refractivity contribution in [3.63, 3.8) is 0 Å². The lowest BCUT2D eigenvalue weighted by Gasteiger charge is -2.34. The lowest BCUT2D eigenvalue weighted by molar-refractivity contribution is -0.125. The van der Waals surface area contributed by atoms with E-state index in [1.54, 1.807) is 43.3 Å². The van der Waals surface area contributed by atoms with Crippen LogP contribution in [0.5, 0.6) is 5.75 Å². The molecule has 1 aromatic heterocycles. The zero-order valence-corrected chi connectivity index (χ0v) is 21.7. The van der Waals surface area contributed by atoms with Crippen LogP contribution in [0, 0.1) is 5.41 Å². The molecule has 2 heterocycles. The lowest BCUT2D eigenvalue weighted by Crippen LogP contribution is -2.45. The minimum atomic E-state index is -0.557. The van der Waals surface area contributed by atoms with Crippen molar-refractivity contribution in [2.24, 2.45) is 5.41 Å². The third-order valence-electron chi connectivity index (χ3n) is 6.96. The molecule has 1 fully saturated rings. The van der Waals surface area contributed by atoms with Gasteiger partial charge in [-0.2, -0.15) is 4.98 Å². The van der Waals surface area contributed by atoms with Gasteiger partial charge in [0.25, 0.3) is 5.91 Å². The highest BCUT2D eigenvalue weighted by molar-refractivity contribution is 6.01. The molecule has 0 radical (unpaired) electrons. The number of fused-ring (bicyclic) bond motifs is 1. The Balaban J connectivity index is 1.66. The Labute approximate surface area is 212 Å². The van der Waals surface area contributed by atoms with Gasteiger partial charge in [0, 0.05) is 31.2 Å². The van der Waals surface area contributed by atoms with Crippen LogP contribution in [0.1, 0.15) is 56.8 Å². The first kappa shape index (κ1) is 25.7. The fourth-order valence-electron chi connectivity index (χ4n) is 4.93. The number of aromatic nitrogens is 2. The van der Waals surface area contributed by atoms with Crippen molar-refractivity contribution in [2.45, 2.75) is 58.5 Å². The van der Waals surface area contributed by atoms with E-state index >= 15 is 0 Å². The Bertz CT molecular complexity index is 1130. The van der Waals surface area contributed by atoms with Gasteiger partial charge in [0.2, 0.25) is 11.9 Å². The standard InChI is InChI=1S/C26H36N6O4/c1-16(14-33)28-23(34)17-10-11-19(21(12-17)36-5)29-25-27-13-20-22(30-25)32(18-8-6-7-9-18)15-26(2,3)24(35)31(20)4/h10-13,16,18,33H,6-9,14-15H2,1-5H3,(H,28,34)(H,27,29,30)/t16-/m0/s1. The van der Waals surface area contributed by atoms with Crippen molar-refractivity contribution < 1.29 is 19.4 Å². The van der Waals surface area contributed by atoms with Crippen LogP contribution in [0.4, 0.5) is 23.1 Å². The Morgan fingerprint density at radius 1 is 1.31 bits per heavy atom. The number of hydrogen-bond donors (Lipinski definition) is 3. The maximum atomic E-state index is 13.2. The predicted octanol–water partition coefficient (Wildman–Crippen LogP) is 3.09. The number of ether oxygens (including phenoxy) is 1. The fraction of sp³-hybridized carbons (Fsp3) is 0.538. The van der Waals surface area contributed by atoms with Crippen molar-refractivity contribution in [3.05, 3.63) is 30.0 Å². The number of methoxy groups -OCH3 is 1. The number of amides is 2. The number of anilines is 4. The first-order valence-electron chi connectivity index (χ1n) is 12.4. The molecule has 1 saturated carbocycles. The Morgan fingerprint density at radius 3 is 2.69 bits per heavy atom. The van der Waals surface area contributed by atoms with Crippen molar-refractivity contribution >= 4 is 35.0 Å². The van der Waals surface area contributed by atoms with Crippen LogP contribution in [-0.2, 0) is 4.79 Å². The summed E-state index contributed by atoms with van der Waals surface area (Å²) in [7, 11) is 3.31. The van der Waals surface area contributed by atoms with E-state index in [-0.39, 0.29) is 24.5 Å². The normalized spacial score (nSPS) is 18.4. The molecule has 1 aliphatic heterocycles. The van der Waals surface area contributed by atoms with Gasteiger partial charge in [-0.15, -0.1) is 0 Å². The second-order valence-electron chi connectivity index (χ2n) is 10.3. The number of carbonyl (C=O) groups excluding carboxylic acids is 2. The summed E-state index contributed by atoms with van der Waals surface area (Å²) in [6.07, 6.45) is 6.19. The van der Waals surface area contributed by atoms with Crippen LogP contribution >= 0.6 is 0 Å². The van der Waals surface area contributed by atoms with Crippen LogP contribution in [0.25, 0.3) is 0 Å². The summed E-state index contributed by atoms with van der Waals surface area (Å²) in [5.74, 6) is 1.32. The van der Waals surface area contributed by atoms with E-state index in [0.29, 0.717) is 41.2 Å². The molecule has 4 rings (SSSR count). The second-order valence-corrected chi connectivity index (χ2v) is 10.3. The molecule has 0 unspecified atom stereocenters. The summed E-state index contributed by atoms with van der Waals surface area (Å²) in [6, 6.07) is 5.02. The molecule has 2 aromatic rings. The molecule has 0 saturated heterocycles. The van der Waals surface area contributed by atoms with Gasteiger partial charge < -0.3 is 30.3 Å². The maximum Gasteiger partial charge on any atom is 0.251 e. The quantitative estimate of drug-likeness (QED) is 0.535. The molecular formula is C26H36N6O4. The van der Waals surface area contributed by atoms with Crippen molar-refractivity contribution in [1.82, 2.24) is 15.3 Å². The van der Waals surface area contributed by atoms with Crippen LogP contribution in [0.3, 0.4) is 0 Å². The highest BCUT2D eigenvalue weighted by Gasteiger charge is 2.41. The number of rotatable bonds is 7. The zero-order chi connectivity index (χ0) is 26.0. The SMILES string of the molecule is COc1cc(C(=O)N[C@@H](C)CO)ccc1Nc1ncc2c(n1)N(C1CCCC1)CC(C)(C)C(=O)N2C. The lowest BCUT2D eigenvalue weighted by atomic mass is 9.91. The van der Waals surface area contributed by atoms with E-state index in [1.165, 1.54) is 20.0 Å². The minimum absolute atomic E-state index is 0.0413. The zero-order valence-electron chi connectivity index (χ0n) is 21.7. The second kappa shape index (κ2) is 10.3.